The molecule has 0 radical (unpaired) electrons. The van der Waals surface area contributed by atoms with Gasteiger partial charge in [-0.05, 0) is 19.9 Å². The van der Waals surface area contributed by atoms with Crippen molar-refractivity contribution in [2.45, 2.75) is 26.7 Å². The molecule has 0 aliphatic carbocycles. The maximum Gasteiger partial charge on any atom is 0.0940 e. The van der Waals surface area contributed by atoms with Crippen molar-refractivity contribution in [1.29, 1.82) is 0 Å². The zero-order valence-corrected chi connectivity index (χ0v) is 8.58. The van der Waals surface area contributed by atoms with Crippen molar-refractivity contribution in [3.63, 3.8) is 0 Å². The quantitative estimate of drug-likeness (QED) is 0.708. The topological polar surface area (TPSA) is 24.9 Å². The van der Waals surface area contributed by atoms with Gasteiger partial charge in [0.1, 0.15) is 0 Å². The van der Waals surface area contributed by atoms with Gasteiger partial charge in [-0.15, -0.1) is 11.3 Å². The van der Waals surface area contributed by atoms with Gasteiger partial charge in [0.2, 0.25) is 0 Å². The summed E-state index contributed by atoms with van der Waals surface area (Å²) in [6.07, 6.45) is 2.27. The summed E-state index contributed by atoms with van der Waals surface area (Å²) in [7, 11) is 0. The summed E-state index contributed by atoms with van der Waals surface area (Å²) in [6.45, 7) is 6.39. The molecule has 1 N–H and O–H groups in total. The smallest absolute Gasteiger partial charge is 0.0940 e. The molecule has 0 spiro atoms. The number of thiazole rings is 1. The molecule has 12 heavy (non-hydrogen) atoms. The molecule has 0 amide bonds. The van der Waals surface area contributed by atoms with E-state index in [1.165, 1.54) is 11.4 Å². The third-order valence-corrected chi connectivity index (χ3v) is 2.64. The van der Waals surface area contributed by atoms with E-state index in [0.29, 0.717) is 0 Å². The molecule has 1 aromatic rings. The van der Waals surface area contributed by atoms with Crippen LogP contribution < -0.4 is 5.32 Å². The number of nitrogens with one attached hydrogen (secondary N) is 1. The van der Waals surface area contributed by atoms with E-state index in [1.807, 2.05) is 6.92 Å². The Balaban J connectivity index is 2.15. The van der Waals surface area contributed by atoms with Crippen molar-refractivity contribution >= 4 is 11.3 Å². The highest BCUT2D eigenvalue weighted by atomic mass is 32.1. The molecule has 0 bridgehead atoms. The summed E-state index contributed by atoms with van der Waals surface area (Å²) in [4.78, 5) is 4.39. The van der Waals surface area contributed by atoms with E-state index >= 15 is 0 Å². The van der Waals surface area contributed by atoms with Gasteiger partial charge in [-0.3, -0.25) is 0 Å². The van der Waals surface area contributed by atoms with Crippen molar-refractivity contribution in [3.05, 3.63) is 16.1 Å². The fraction of sp³-hybridized carbons (Fsp3) is 0.667. The van der Waals surface area contributed by atoms with E-state index in [-0.39, 0.29) is 0 Å². The first-order valence-corrected chi connectivity index (χ1v) is 5.32. The molecule has 0 aliphatic heterocycles. The van der Waals surface area contributed by atoms with Crippen LogP contribution in [-0.2, 0) is 6.42 Å². The van der Waals surface area contributed by atoms with Crippen LogP contribution >= 0.6 is 11.3 Å². The van der Waals surface area contributed by atoms with Gasteiger partial charge >= 0.3 is 0 Å². The second kappa shape index (κ2) is 5.27. The lowest BCUT2D eigenvalue weighted by molar-refractivity contribution is 0.669. The Morgan fingerprint density at radius 3 is 2.92 bits per heavy atom. The lowest BCUT2D eigenvalue weighted by Gasteiger charge is -1.98. The summed E-state index contributed by atoms with van der Waals surface area (Å²) in [5.41, 5.74) is 1.14. The second-order valence-electron chi connectivity index (χ2n) is 2.88. The van der Waals surface area contributed by atoms with Crippen molar-refractivity contribution in [3.8, 4) is 0 Å². The van der Waals surface area contributed by atoms with Gasteiger partial charge in [0.05, 0.1) is 5.01 Å². The Morgan fingerprint density at radius 1 is 1.50 bits per heavy atom. The zero-order chi connectivity index (χ0) is 8.81. The van der Waals surface area contributed by atoms with Gasteiger partial charge in [-0.2, -0.15) is 0 Å². The molecular weight excluding hydrogens is 168 g/mol. The monoisotopic (exact) mass is 184 g/mol. The molecular formula is C9H16N2S. The van der Waals surface area contributed by atoms with Gasteiger partial charge in [-0.25, -0.2) is 4.98 Å². The van der Waals surface area contributed by atoms with Crippen LogP contribution in [0.4, 0.5) is 0 Å². The summed E-state index contributed by atoms with van der Waals surface area (Å²) in [6, 6.07) is 0. The van der Waals surface area contributed by atoms with E-state index in [2.05, 4.69) is 22.6 Å². The fourth-order valence-electron chi connectivity index (χ4n) is 1.01. The van der Waals surface area contributed by atoms with Crippen LogP contribution in [0.5, 0.6) is 0 Å². The second-order valence-corrected chi connectivity index (χ2v) is 3.83. The molecule has 68 valence electrons. The SMILES string of the molecule is CCCNCCc1nc(C)cs1. The minimum Gasteiger partial charge on any atom is -0.316 e. The molecule has 2 nitrogen and oxygen atoms in total. The van der Waals surface area contributed by atoms with Gasteiger partial charge in [-0.1, -0.05) is 6.92 Å². The maximum atomic E-state index is 4.39. The zero-order valence-electron chi connectivity index (χ0n) is 7.76. The summed E-state index contributed by atoms with van der Waals surface area (Å²) in [5.74, 6) is 0. The lowest BCUT2D eigenvalue weighted by atomic mass is 10.4. The van der Waals surface area contributed by atoms with Crippen LogP contribution in [0.3, 0.4) is 0 Å². The van der Waals surface area contributed by atoms with Crippen LogP contribution in [-0.4, -0.2) is 18.1 Å². The third kappa shape index (κ3) is 3.32. The molecule has 0 unspecified atom stereocenters. The molecule has 3 heteroatoms. The highest BCUT2D eigenvalue weighted by molar-refractivity contribution is 7.09. The Bertz CT molecular complexity index is 220. The molecule has 0 aromatic carbocycles. The van der Waals surface area contributed by atoms with Crippen molar-refractivity contribution < 1.29 is 0 Å². The Labute approximate surface area is 78.0 Å². The number of aryl methyl sites for hydroxylation is 1. The Morgan fingerprint density at radius 2 is 2.33 bits per heavy atom. The average molecular weight is 184 g/mol. The standard InChI is InChI=1S/C9H16N2S/c1-3-5-10-6-4-9-11-8(2)7-12-9/h7,10H,3-6H2,1-2H3. The van der Waals surface area contributed by atoms with E-state index in [0.717, 1.165) is 25.2 Å². The van der Waals surface area contributed by atoms with Gasteiger partial charge < -0.3 is 5.32 Å². The van der Waals surface area contributed by atoms with E-state index < -0.39 is 0 Å². The number of rotatable bonds is 5. The molecule has 1 rings (SSSR count). The molecule has 0 atom stereocenters. The normalized spacial score (nSPS) is 10.5. The first-order chi connectivity index (χ1) is 5.83. The summed E-state index contributed by atoms with van der Waals surface area (Å²) < 4.78 is 0. The van der Waals surface area contributed by atoms with E-state index in [9.17, 15) is 0 Å². The number of aromatic nitrogens is 1. The lowest BCUT2D eigenvalue weighted by Crippen LogP contribution is -2.17. The van der Waals surface area contributed by atoms with Crippen LogP contribution in [0.15, 0.2) is 5.38 Å². The minimum atomic E-state index is 1.06. The van der Waals surface area contributed by atoms with Crippen molar-refractivity contribution in [2.24, 2.45) is 0 Å². The predicted molar refractivity (Wildman–Crippen MR) is 53.7 cm³/mol. The number of hydrogen-bond donors (Lipinski definition) is 1. The van der Waals surface area contributed by atoms with Crippen molar-refractivity contribution in [1.82, 2.24) is 10.3 Å². The molecule has 0 saturated carbocycles. The van der Waals surface area contributed by atoms with Crippen LogP contribution in [0, 0.1) is 6.92 Å². The number of nitrogens with zero attached hydrogens (tertiary/aromatic N) is 1. The summed E-state index contributed by atoms with van der Waals surface area (Å²) >= 11 is 1.76. The van der Waals surface area contributed by atoms with Crippen molar-refractivity contribution in [2.75, 3.05) is 13.1 Å². The average Bonchev–Trinajstić information content (AvgIpc) is 2.45. The first kappa shape index (κ1) is 9.68. The van der Waals surface area contributed by atoms with Crippen LogP contribution in [0.25, 0.3) is 0 Å². The molecule has 1 heterocycles. The van der Waals surface area contributed by atoms with Gasteiger partial charge in [0, 0.05) is 24.0 Å². The number of hydrogen-bond acceptors (Lipinski definition) is 3. The Hall–Kier alpha value is -0.410. The van der Waals surface area contributed by atoms with E-state index in [1.54, 1.807) is 11.3 Å². The maximum absolute atomic E-state index is 4.39. The first-order valence-electron chi connectivity index (χ1n) is 4.44. The van der Waals surface area contributed by atoms with E-state index in [4.69, 9.17) is 0 Å². The highest BCUT2D eigenvalue weighted by Crippen LogP contribution is 2.08. The van der Waals surface area contributed by atoms with Crippen LogP contribution in [0.2, 0.25) is 0 Å². The van der Waals surface area contributed by atoms with Crippen LogP contribution in [0.1, 0.15) is 24.0 Å². The third-order valence-electron chi connectivity index (χ3n) is 1.61. The molecule has 0 saturated heterocycles. The molecule has 0 fully saturated rings. The molecule has 0 aliphatic rings. The highest BCUT2D eigenvalue weighted by Gasteiger charge is 1.96. The predicted octanol–water partition coefficient (Wildman–Crippen LogP) is 1.99. The molecule has 1 aromatic heterocycles. The largest absolute Gasteiger partial charge is 0.316 e. The van der Waals surface area contributed by atoms with Gasteiger partial charge in [0.15, 0.2) is 0 Å². The van der Waals surface area contributed by atoms with Gasteiger partial charge in [0.25, 0.3) is 0 Å². The summed E-state index contributed by atoms with van der Waals surface area (Å²) in [5, 5.41) is 6.71. The Kier molecular flexibility index (Phi) is 4.25. The minimum absolute atomic E-state index is 1.06. The fourth-order valence-corrected chi connectivity index (χ4v) is 1.79.